The number of nitrogens with one attached hydrogen (secondary N) is 1. The molecule has 2 atom stereocenters. The third-order valence-corrected chi connectivity index (χ3v) is 4.44. The minimum absolute atomic E-state index is 0.272. The van der Waals surface area contributed by atoms with E-state index in [0.29, 0.717) is 12.0 Å². The topological polar surface area (TPSA) is 21.3 Å². The lowest BCUT2D eigenvalue weighted by Gasteiger charge is -2.35. The molecule has 2 aromatic rings. The molecule has 0 saturated heterocycles. The number of hydrogen-bond donors (Lipinski definition) is 1. The Labute approximate surface area is 127 Å². The Bertz CT molecular complexity index is 603. The van der Waals surface area contributed by atoms with Crippen LogP contribution in [0.25, 0.3) is 0 Å². The van der Waals surface area contributed by atoms with Crippen LogP contribution < -0.4 is 10.1 Å². The van der Waals surface area contributed by atoms with Crippen LogP contribution >= 0.6 is 0 Å². The van der Waals surface area contributed by atoms with Crippen molar-refractivity contribution < 1.29 is 4.74 Å². The normalized spacial score (nSPS) is 21.1. The Hall–Kier alpha value is -1.80. The summed E-state index contributed by atoms with van der Waals surface area (Å²) < 4.78 is 5.26. The Morgan fingerprint density at radius 2 is 1.76 bits per heavy atom. The molecule has 1 heterocycles. The van der Waals surface area contributed by atoms with Gasteiger partial charge in [-0.2, -0.15) is 0 Å². The smallest absolute Gasteiger partial charge is 0.118 e. The van der Waals surface area contributed by atoms with Gasteiger partial charge in [-0.1, -0.05) is 50.2 Å². The summed E-state index contributed by atoms with van der Waals surface area (Å²) in [5.74, 6) is 1.53. The van der Waals surface area contributed by atoms with Gasteiger partial charge < -0.3 is 10.1 Å². The highest BCUT2D eigenvalue weighted by Gasteiger charge is 2.28. The minimum Gasteiger partial charge on any atom is -0.497 e. The van der Waals surface area contributed by atoms with Crippen LogP contribution in [-0.4, -0.2) is 13.2 Å². The van der Waals surface area contributed by atoms with E-state index < -0.39 is 0 Å². The first-order valence-electron chi connectivity index (χ1n) is 7.67. The molecule has 2 aromatic carbocycles. The molecule has 0 bridgehead atoms. The first-order valence-corrected chi connectivity index (χ1v) is 7.67. The van der Waals surface area contributed by atoms with Crippen LogP contribution in [0.1, 0.15) is 36.6 Å². The second kappa shape index (κ2) is 5.90. The maximum atomic E-state index is 5.26. The molecular weight excluding hydrogens is 258 g/mol. The quantitative estimate of drug-likeness (QED) is 0.919. The molecular formula is C19H23NO. The molecule has 2 unspecified atom stereocenters. The summed E-state index contributed by atoms with van der Waals surface area (Å²) >= 11 is 0. The maximum Gasteiger partial charge on any atom is 0.118 e. The fraction of sp³-hybridized carbons (Fsp3) is 0.368. The largest absolute Gasteiger partial charge is 0.497 e. The summed E-state index contributed by atoms with van der Waals surface area (Å²) in [7, 11) is 1.71. The van der Waals surface area contributed by atoms with Crippen molar-refractivity contribution in [2.45, 2.75) is 32.4 Å². The number of hydrogen-bond acceptors (Lipinski definition) is 2. The molecule has 110 valence electrons. The van der Waals surface area contributed by atoms with Gasteiger partial charge in [-0.3, -0.25) is 0 Å². The van der Waals surface area contributed by atoms with E-state index in [1.807, 2.05) is 12.1 Å². The second-order valence-electron chi connectivity index (χ2n) is 6.13. The third-order valence-electron chi connectivity index (χ3n) is 4.44. The molecule has 21 heavy (non-hydrogen) atoms. The van der Waals surface area contributed by atoms with E-state index in [4.69, 9.17) is 4.74 Å². The summed E-state index contributed by atoms with van der Waals surface area (Å²) in [6.45, 7) is 4.58. The van der Waals surface area contributed by atoms with Crippen LogP contribution in [0.5, 0.6) is 5.75 Å². The lowest BCUT2D eigenvalue weighted by molar-refractivity contribution is 0.352. The van der Waals surface area contributed by atoms with Crippen molar-refractivity contribution in [1.82, 2.24) is 5.32 Å². The predicted octanol–water partition coefficient (Wildman–Crippen LogP) is 3.95. The maximum absolute atomic E-state index is 5.26. The first kappa shape index (κ1) is 14.2. The van der Waals surface area contributed by atoms with Gasteiger partial charge in [0.25, 0.3) is 0 Å². The van der Waals surface area contributed by atoms with Crippen LogP contribution in [0.3, 0.4) is 0 Å². The summed E-state index contributed by atoms with van der Waals surface area (Å²) in [6, 6.07) is 18.0. The average molecular weight is 281 g/mol. The fourth-order valence-corrected chi connectivity index (χ4v) is 3.10. The minimum atomic E-state index is 0.272. The highest BCUT2D eigenvalue weighted by atomic mass is 16.5. The second-order valence-corrected chi connectivity index (χ2v) is 6.13. The lowest BCUT2D eigenvalue weighted by atomic mass is 9.83. The number of methoxy groups -OCH3 is 1. The Morgan fingerprint density at radius 3 is 2.43 bits per heavy atom. The van der Waals surface area contributed by atoms with Crippen LogP contribution in [0.15, 0.2) is 48.5 Å². The third kappa shape index (κ3) is 2.81. The van der Waals surface area contributed by atoms with Gasteiger partial charge >= 0.3 is 0 Å². The fourth-order valence-electron chi connectivity index (χ4n) is 3.10. The molecule has 2 heteroatoms. The summed E-state index contributed by atoms with van der Waals surface area (Å²) in [5.41, 5.74) is 4.17. The summed E-state index contributed by atoms with van der Waals surface area (Å²) in [4.78, 5) is 0. The van der Waals surface area contributed by atoms with Crippen molar-refractivity contribution in [2.75, 3.05) is 7.11 Å². The zero-order chi connectivity index (χ0) is 14.8. The lowest BCUT2D eigenvalue weighted by Crippen LogP contribution is -2.43. The van der Waals surface area contributed by atoms with Crippen molar-refractivity contribution >= 4 is 0 Å². The number of benzene rings is 2. The first-order chi connectivity index (χ1) is 10.2. The highest BCUT2D eigenvalue weighted by molar-refractivity contribution is 5.41. The zero-order valence-electron chi connectivity index (χ0n) is 13.0. The SMILES string of the molecule is COc1ccc(C2NC(C(C)C)Cc3ccccc32)cc1. The van der Waals surface area contributed by atoms with Gasteiger partial charge in [0.15, 0.2) is 0 Å². The Balaban J connectivity index is 1.99. The average Bonchev–Trinajstić information content (AvgIpc) is 2.54. The molecule has 1 N–H and O–H groups in total. The number of ether oxygens (including phenoxy) is 1. The number of rotatable bonds is 3. The van der Waals surface area contributed by atoms with Gasteiger partial charge in [0, 0.05) is 6.04 Å². The molecule has 0 aliphatic carbocycles. The molecule has 0 saturated carbocycles. The van der Waals surface area contributed by atoms with E-state index in [2.05, 4.69) is 55.6 Å². The van der Waals surface area contributed by atoms with E-state index >= 15 is 0 Å². The van der Waals surface area contributed by atoms with E-state index in [1.165, 1.54) is 16.7 Å². The van der Waals surface area contributed by atoms with Crippen LogP contribution in [-0.2, 0) is 6.42 Å². The van der Waals surface area contributed by atoms with Crippen molar-refractivity contribution in [3.8, 4) is 5.75 Å². The molecule has 0 amide bonds. The summed E-state index contributed by atoms with van der Waals surface area (Å²) in [6.07, 6.45) is 1.11. The number of fused-ring (bicyclic) bond motifs is 1. The van der Waals surface area contributed by atoms with E-state index in [1.54, 1.807) is 7.11 Å². The molecule has 1 aliphatic heterocycles. The van der Waals surface area contributed by atoms with E-state index in [9.17, 15) is 0 Å². The Kier molecular flexibility index (Phi) is 3.98. The van der Waals surface area contributed by atoms with Crippen molar-refractivity contribution in [3.63, 3.8) is 0 Å². The Morgan fingerprint density at radius 1 is 1.05 bits per heavy atom. The van der Waals surface area contributed by atoms with Crippen LogP contribution in [0, 0.1) is 5.92 Å². The van der Waals surface area contributed by atoms with Gasteiger partial charge in [-0.05, 0) is 41.2 Å². The van der Waals surface area contributed by atoms with Gasteiger partial charge in [-0.25, -0.2) is 0 Å². The molecule has 2 nitrogen and oxygen atoms in total. The standard InChI is InChI=1S/C19H23NO/c1-13(2)18-12-15-6-4-5-7-17(15)19(20-18)14-8-10-16(21-3)11-9-14/h4-11,13,18-20H,12H2,1-3H3. The van der Waals surface area contributed by atoms with Gasteiger partial charge in [-0.15, -0.1) is 0 Å². The van der Waals surface area contributed by atoms with Crippen LogP contribution in [0.4, 0.5) is 0 Å². The predicted molar refractivity (Wildman–Crippen MR) is 86.7 cm³/mol. The van der Waals surface area contributed by atoms with Crippen molar-refractivity contribution in [3.05, 3.63) is 65.2 Å². The van der Waals surface area contributed by atoms with Crippen molar-refractivity contribution in [1.29, 1.82) is 0 Å². The summed E-state index contributed by atoms with van der Waals surface area (Å²) in [5, 5.41) is 3.82. The van der Waals surface area contributed by atoms with E-state index in [-0.39, 0.29) is 6.04 Å². The molecule has 0 aromatic heterocycles. The monoisotopic (exact) mass is 281 g/mol. The molecule has 0 fully saturated rings. The van der Waals surface area contributed by atoms with Gasteiger partial charge in [0.05, 0.1) is 13.2 Å². The van der Waals surface area contributed by atoms with Crippen molar-refractivity contribution in [2.24, 2.45) is 5.92 Å². The van der Waals surface area contributed by atoms with Gasteiger partial charge in [0.2, 0.25) is 0 Å². The van der Waals surface area contributed by atoms with Crippen LogP contribution in [0.2, 0.25) is 0 Å². The molecule has 0 spiro atoms. The molecule has 1 aliphatic rings. The molecule has 3 rings (SSSR count). The van der Waals surface area contributed by atoms with E-state index in [0.717, 1.165) is 12.2 Å². The highest BCUT2D eigenvalue weighted by Crippen LogP contribution is 2.32. The zero-order valence-corrected chi connectivity index (χ0v) is 13.0. The molecule has 0 radical (unpaired) electrons. The van der Waals surface area contributed by atoms with Gasteiger partial charge in [0.1, 0.15) is 5.75 Å².